The van der Waals surface area contributed by atoms with E-state index in [-0.39, 0.29) is 0 Å². The van der Waals surface area contributed by atoms with Crippen molar-refractivity contribution in [2.24, 2.45) is 0 Å². The van der Waals surface area contributed by atoms with E-state index in [1.807, 2.05) is 13.0 Å². The van der Waals surface area contributed by atoms with E-state index in [1.165, 1.54) is 0 Å². The van der Waals surface area contributed by atoms with E-state index in [9.17, 15) is 0 Å². The molecule has 2 N–H and O–H groups in total. The zero-order valence-electron chi connectivity index (χ0n) is 6.58. The second-order valence-corrected chi connectivity index (χ2v) is 2.22. The topological polar surface area (TPSA) is 48.1 Å². The third-order valence-corrected chi connectivity index (χ3v) is 1.29. The normalized spacial score (nSPS) is 9.91. The molecule has 3 nitrogen and oxygen atoms in total. The fourth-order valence-corrected chi connectivity index (χ4v) is 0.782. The molecule has 1 rings (SSSR count). The summed E-state index contributed by atoms with van der Waals surface area (Å²) in [5.41, 5.74) is 7.15. The minimum absolute atomic E-state index is 0.543. The van der Waals surface area contributed by atoms with Gasteiger partial charge in [-0.2, -0.15) is 0 Å². The Morgan fingerprint density at radius 1 is 1.64 bits per heavy atom. The first-order valence-corrected chi connectivity index (χ1v) is 3.61. The van der Waals surface area contributed by atoms with E-state index < -0.39 is 0 Å². The number of hydrogen-bond acceptors (Lipinski definition) is 3. The van der Waals surface area contributed by atoms with E-state index in [4.69, 9.17) is 10.5 Å². The Balaban J connectivity index is 2.56. The number of nitrogens with two attached hydrogens (primary N) is 1. The summed E-state index contributed by atoms with van der Waals surface area (Å²) in [5.74, 6) is 0. The zero-order chi connectivity index (χ0) is 8.10. The Hall–Kier alpha value is -1.09. The van der Waals surface area contributed by atoms with Crippen molar-refractivity contribution in [1.29, 1.82) is 0 Å². The highest BCUT2D eigenvalue weighted by molar-refractivity contribution is 5.36. The van der Waals surface area contributed by atoms with Crippen LogP contribution in [0.2, 0.25) is 0 Å². The molecule has 0 aliphatic rings. The van der Waals surface area contributed by atoms with E-state index >= 15 is 0 Å². The molecule has 0 atom stereocenters. The summed E-state index contributed by atoms with van der Waals surface area (Å²) in [6.45, 7) is 3.20. The molecule has 0 aliphatic carbocycles. The van der Waals surface area contributed by atoms with Crippen LogP contribution in [0.4, 0.5) is 5.69 Å². The zero-order valence-corrected chi connectivity index (χ0v) is 6.58. The van der Waals surface area contributed by atoms with Gasteiger partial charge in [0.2, 0.25) is 0 Å². The number of pyridine rings is 1. The second-order valence-electron chi connectivity index (χ2n) is 2.22. The van der Waals surface area contributed by atoms with Gasteiger partial charge in [0, 0.05) is 18.5 Å². The van der Waals surface area contributed by atoms with Gasteiger partial charge in [-0.05, 0) is 19.1 Å². The first-order chi connectivity index (χ1) is 5.33. The number of anilines is 1. The lowest BCUT2D eigenvalue weighted by Gasteiger charge is -2.00. The summed E-state index contributed by atoms with van der Waals surface area (Å²) < 4.78 is 5.16. The molecule has 1 aromatic heterocycles. The van der Waals surface area contributed by atoms with Crippen molar-refractivity contribution in [3.05, 3.63) is 24.0 Å². The van der Waals surface area contributed by atoms with Crippen LogP contribution in [-0.4, -0.2) is 11.6 Å². The van der Waals surface area contributed by atoms with Gasteiger partial charge in [-0.15, -0.1) is 0 Å². The molecule has 60 valence electrons. The number of rotatable bonds is 3. The van der Waals surface area contributed by atoms with Crippen LogP contribution in [0.1, 0.15) is 12.6 Å². The molecule has 0 fully saturated rings. The number of ether oxygens (including phenoxy) is 1. The van der Waals surface area contributed by atoms with E-state index in [2.05, 4.69) is 4.98 Å². The summed E-state index contributed by atoms with van der Waals surface area (Å²) in [6.07, 6.45) is 1.68. The van der Waals surface area contributed by atoms with Crippen molar-refractivity contribution in [3.63, 3.8) is 0 Å². The van der Waals surface area contributed by atoms with Gasteiger partial charge < -0.3 is 10.5 Å². The monoisotopic (exact) mass is 152 g/mol. The Morgan fingerprint density at radius 3 is 3.09 bits per heavy atom. The van der Waals surface area contributed by atoms with Crippen molar-refractivity contribution >= 4 is 5.69 Å². The molecular weight excluding hydrogens is 140 g/mol. The maximum Gasteiger partial charge on any atom is 0.0888 e. The minimum Gasteiger partial charge on any atom is -0.399 e. The number of hydrogen-bond donors (Lipinski definition) is 1. The van der Waals surface area contributed by atoms with Crippen LogP contribution in [0.5, 0.6) is 0 Å². The molecule has 11 heavy (non-hydrogen) atoms. The van der Waals surface area contributed by atoms with E-state index in [0.717, 1.165) is 11.4 Å². The highest BCUT2D eigenvalue weighted by atomic mass is 16.5. The standard InChI is InChI=1S/C8H12N2O/c1-2-11-6-8-5-7(9)3-4-10-8/h3-5H,2,6H2,1H3,(H2,9,10). The first kappa shape index (κ1) is 8.01. The lowest BCUT2D eigenvalue weighted by atomic mass is 10.3. The van der Waals surface area contributed by atoms with Crippen LogP contribution >= 0.6 is 0 Å². The van der Waals surface area contributed by atoms with E-state index in [0.29, 0.717) is 13.2 Å². The van der Waals surface area contributed by atoms with Gasteiger partial charge in [0.15, 0.2) is 0 Å². The van der Waals surface area contributed by atoms with Crippen molar-refractivity contribution in [2.45, 2.75) is 13.5 Å². The highest BCUT2D eigenvalue weighted by Gasteiger charge is 1.92. The van der Waals surface area contributed by atoms with Gasteiger partial charge in [-0.25, -0.2) is 0 Å². The molecule has 0 spiro atoms. The lowest BCUT2D eigenvalue weighted by molar-refractivity contribution is 0.131. The molecule has 0 saturated carbocycles. The molecule has 0 aliphatic heterocycles. The van der Waals surface area contributed by atoms with Crippen molar-refractivity contribution in [1.82, 2.24) is 4.98 Å². The predicted molar refractivity (Wildman–Crippen MR) is 44.0 cm³/mol. The van der Waals surface area contributed by atoms with Crippen LogP contribution in [-0.2, 0) is 11.3 Å². The van der Waals surface area contributed by atoms with Crippen molar-refractivity contribution in [2.75, 3.05) is 12.3 Å². The van der Waals surface area contributed by atoms with Gasteiger partial charge >= 0.3 is 0 Å². The third kappa shape index (κ3) is 2.55. The summed E-state index contributed by atoms with van der Waals surface area (Å²) in [6, 6.07) is 3.57. The summed E-state index contributed by atoms with van der Waals surface area (Å²) in [7, 11) is 0. The van der Waals surface area contributed by atoms with Gasteiger partial charge in [-0.3, -0.25) is 4.98 Å². The maximum absolute atomic E-state index is 5.53. The summed E-state index contributed by atoms with van der Waals surface area (Å²) in [5, 5.41) is 0. The van der Waals surface area contributed by atoms with Gasteiger partial charge in [0.1, 0.15) is 0 Å². The van der Waals surface area contributed by atoms with Crippen LogP contribution in [0.25, 0.3) is 0 Å². The van der Waals surface area contributed by atoms with E-state index in [1.54, 1.807) is 12.3 Å². The number of nitrogens with zero attached hydrogens (tertiary/aromatic N) is 1. The lowest BCUT2D eigenvalue weighted by Crippen LogP contribution is -1.96. The van der Waals surface area contributed by atoms with Crippen molar-refractivity contribution < 1.29 is 4.74 Å². The van der Waals surface area contributed by atoms with Crippen LogP contribution in [0, 0.1) is 0 Å². The smallest absolute Gasteiger partial charge is 0.0888 e. The minimum atomic E-state index is 0.543. The molecule has 0 bridgehead atoms. The van der Waals surface area contributed by atoms with Crippen LogP contribution in [0.15, 0.2) is 18.3 Å². The molecule has 0 aromatic carbocycles. The maximum atomic E-state index is 5.53. The van der Waals surface area contributed by atoms with Crippen molar-refractivity contribution in [3.8, 4) is 0 Å². The molecular formula is C8H12N2O. The fraction of sp³-hybridized carbons (Fsp3) is 0.375. The molecule has 0 amide bonds. The SMILES string of the molecule is CCOCc1cc(N)ccn1. The molecule has 0 unspecified atom stereocenters. The first-order valence-electron chi connectivity index (χ1n) is 3.61. The van der Waals surface area contributed by atoms with Gasteiger partial charge in [-0.1, -0.05) is 0 Å². The molecule has 0 saturated heterocycles. The fourth-order valence-electron chi connectivity index (χ4n) is 0.782. The average molecular weight is 152 g/mol. The van der Waals surface area contributed by atoms with Crippen LogP contribution < -0.4 is 5.73 Å². The molecule has 3 heteroatoms. The Kier molecular flexibility index (Phi) is 2.86. The Morgan fingerprint density at radius 2 is 2.45 bits per heavy atom. The molecule has 1 heterocycles. The van der Waals surface area contributed by atoms with Gasteiger partial charge in [0.25, 0.3) is 0 Å². The number of nitrogen functional groups attached to an aromatic ring is 1. The largest absolute Gasteiger partial charge is 0.399 e. The molecule has 0 radical (unpaired) electrons. The van der Waals surface area contributed by atoms with Crippen LogP contribution in [0.3, 0.4) is 0 Å². The third-order valence-electron chi connectivity index (χ3n) is 1.29. The predicted octanol–water partition coefficient (Wildman–Crippen LogP) is 1.20. The summed E-state index contributed by atoms with van der Waals surface area (Å²) in [4.78, 5) is 4.07. The van der Waals surface area contributed by atoms with Gasteiger partial charge in [0.05, 0.1) is 12.3 Å². The average Bonchev–Trinajstić information content (AvgIpc) is 2.01. The summed E-state index contributed by atoms with van der Waals surface area (Å²) >= 11 is 0. The quantitative estimate of drug-likeness (QED) is 0.708. The Bertz CT molecular complexity index is 225. The molecule has 1 aromatic rings. The number of aromatic nitrogens is 1. The Labute approximate surface area is 66.2 Å². The second kappa shape index (κ2) is 3.93. The highest BCUT2D eigenvalue weighted by Crippen LogP contribution is 2.03.